The summed E-state index contributed by atoms with van der Waals surface area (Å²) in [6.45, 7) is 0. The molecular weight excluding hydrogens is 409 g/mol. The zero-order valence-corrected chi connectivity index (χ0v) is 16.2. The van der Waals surface area contributed by atoms with Crippen LogP contribution in [0.5, 0.6) is 11.5 Å². The molecule has 0 bridgehead atoms. The summed E-state index contributed by atoms with van der Waals surface area (Å²) >= 11 is 13.8. The molecule has 8 heteroatoms. The molecule has 0 aliphatic carbocycles. The third-order valence-electron chi connectivity index (χ3n) is 3.91. The first kappa shape index (κ1) is 17.9. The zero-order valence-electron chi connectivity index (χ0n) is 13.8. The molecule has 1 aromatic heterocycles. The summed E-state index contributed by atoms with van der Waals surface area (Å²) in [7, 11) is 1.45. The molecule has 1 aliphatic rings. The van der Waals surface area contributed by atoms with Gasteiger partial charge in [-0.15, -0.1) is 11.3 Å². The van der Waals surface area contributed by atoms with Crippen molar-refractivity contribution in [2.24, 2.45) is 4.99 Å². The Morgan fingerprint density at radius 1 is 1.22 bits per heavy atom. The van der Waals surface area contributed by atoms with E-state index in [2.05, 4.69) is 4.99 Å². The van der Waals surface area contributed by atoms with Gasteiger partial charge in [-0.1, -0.05) is 35.3 Å². The lowest BCUT2D eigenvalue weighted by Crippen LogP contribution is -2.04. The lowest BCUT2D eigenvalue weighted by atomic mass is 10.1. The summed E-state index contributed by atoms with van der Waals surface area (Å²) in [6.07, 6.45) is 1.55. The number of hydrogen-bond acceptors (Lipinski definition) is 6. The quantitative estimate of drug-likeness (QED) is 0.463. The Balaban J connectivity index is 1.74. The van der Waals surface area contributed by atoms with Crippen LogP contribution < -0.4 is 4.74 Å². The molecule has 0 amide bonds. The van der Waals surface area contributed by atoms with Crippen LogP contribution in [0.15, 0.2) is 47.1 Å². The van der Waals surface area contributed by atoms with Crippen molar-refractivity contribution in [1.29, 1.82) is 0 Å². The second kappa shape index (κ2) is 6.88. The van der Waals surface area contributed by atoms with Crippen LogP contribution in [-0.2, 0) is 9.53 Å². The Morgan fingerprint density at radius 3 is 2.81 bits per heavy atom. The number of rotatable bonds is 3. The number of esters is 1. The molecule has 0 unspecified atom stereocenters. The Bertz CT molecular complexity index is 1150. The maximum absolute atomic E-state index is 12.2. The third-order valence-corrected chi connectivity index (χ3v) is 5.79. The number of ether oxygens (including phenoxy) is 2. The van der Waals surface area contributed by atoms with Gasteiger partial charge in [-0.2, -0.15) is 0 Å². The molecule has 5 nitrogen and oxygen atoms in total. The average molecular weight is 420 g/mol. The van der Waals surface area contributed by atoms with Crippen LogP contribution in [0.2, 0.25) is 10.0 Å². The van der Waals surface area contributed by atoms with E-state index in [4.69, 9.17) is 32.7 Å². The van der Waals surface area contributed by atoms with Crippen LogP contribution in [-0.4, -0.2) is 24.1 Å². The molecule has 27 heavy (non-hydrogen) atoms. The SMILES string of the molecule is COc1cc(/C=C2/N=C(c3sc4cc(Cl)ccc4c3Cl)OC2=O)ccc1O. The number of aliphatic imine (C=N–C) groups is 1. The predicted octanol–water partition coefficient (Wildman–Crippen LogP) is 5.27. The van der Waals surface area contributed by atoms with Gasteiger partial charge < -0.3 is 14.6 Å². The van der Waals surface area contributed by atoms with Gasteiger partial charge in [0.1, 0.15) is 4.88 Å². The van der Waals surface area contributed by atoms with Crippen molar-refractivity contribution >= 4 is 62.6 Å². The largest absolute Gasteiger partial charge is 0.504 e. The van der Waals surface area contributed by atoms with Gasteiger partial charge in [0.2, 0.25) is 5.90 Å². The highest BCUT2D eigenvalue weighted by Gasteiger charge is 2.28. The standard InChI is InChI=1S/C19H11Cl2NO4S/c1-25-14-7-9(2-5-13(14)23)6-12-19(24)26-18(22-12)17-16(21)11-4-3-10(20)8-15(11)27-17/h2-8,23H,1H3/b12-6+. The number of benzene rings is 2. The number of methoxy groups -OCH3 is 1. The fraction of sp³-hybridized carbons (Fsp3) is 0.0526. The van der Waals surface area contributed by atoms with Gasteiger partial charge in [0.25, 0.3) is 0 Å². The lowest BCUT2D eigenvalue weighted by Gasteiger charge is -2.03. The van der Waals surface area contributed by atoms with Crippen molar-refractivity contribution in [1.82, 2.24) is 0 Å². The van der Waals surface area contributed by atoms with E-state index in [0.717, 1.165) is 10.1 Å². The highest BCUT2D eigenvalue weighted by atomic mass is 35.5. The molecule has 4 rings (SSSR count). The molecule has 0 radical (unpaired) electrons. The van der Waals surface area contributed by atoms with Crippen LogP contribution in [0.1, 0.15) is 10.4 Å². The molecule has 0 spiro atoms. The van der Waals surface area contributed by atoms with E-state index in [1.165, 1.54) is 24.5 Å². The number of carbonyl (C=O) groups is 1. The molecule has 3 aromatic rings. The van der Waals surface area contributed by atoms with E-state index < -0.39 is 5.97 Å². The van der Waals surface area contributed by atoms with E-state index in [-0.39, 0.29) is 17.3 Å². The number of phenolic OH excluding ortho intramolecular Hbond substituents is 1. The third kappa shape index (κ3) is 3.27. The zero-order chi connectivity index (χ0) is 19.1. The number of halogens is 2. The van der Waals surface area contributed by atoms with Crippen molar-refractivity contribution in [2.75, 3.05) is 7.11 Å². The van der Waals surface area contributed by atoms with Gasteiger partial charge >= 0.3 is 5.97 Å². The van der Waals surface area contributed by atoms with Crippen LogP contribution >= 0.6 is 34.5 Å². The van der Waals surface area contributed by atoms with Crippen molar-refractivity contribution in [3.63, 3.8) is 0 Å². The summed E-state index contributed by atoms with van der Waals surface area (Å²) in [5.74, 6) is -0.124. The minimum atomic E-state index is -0.580. The first-order chi connectivity index (χ1) is 13.0. The summed E-state index contributed by atoms with van der Waals surface area (Å²) in [5.41, 5.74) is 0.764. The first-order valence-electron chi connectivity index (χ1n) is 7.74. The summed E-state index contributed by atoms with van der Waals surface area (Å²) < 4.78 is 11.3. The summed E-state index contributed by atoms with van der Waals surface area (Å²) in [6, 6.07) is 10.1. The van der Waals surface area contributed by atoms with Crippen LogP contribution in [0.3, 0.4) is 0 Å². The number of aromatic hydroxyl groups is 1. The molecule has 0 saturated carbocycles. The van der Waals surface area contributed by atoms with E-state index in [0.29, 0.717) is 26.2 Å². The maximum Gasteiger partial charge on any atom is 0.363 e. The number of thiophene rings is 1. The summed E-state index contributed by atoms with van der Waals surface area (Å²) in [4.78, 5) is 17.1. The number of hydrogen-bond donors (Lipinski definition) is 1. The van der Waals surface area contributed by atoms with Crippen LogP contribution in [0.25, 0.3) is 16.2 Å². The van der Waals surface area contributed by atoms with Crippen molar-refractivity contribution < 1.29 is 19.4 Å². The Kier molecular flexibility index (Phi) is 4.55. The predicted molar refractivity (Wildman–Crippen MR) is 107 cm³/mol. The number of cyclic esters (lactones) is 1. The highest BCUT2D eigenvalue weighted by Crippen LogP contribution is 2.38. The fourth-order valence-electron chi connectivity index (χ4n) is 2.62. The van der Waals surface area contributed by atoms with E-state index in [1.54, 1.807) is 30.3 Å². The fourth-order valence-corrected chi connectivity index (χ4v) is 4.34. The van der Waals surface area contributed by atoms with Crippen LogP contribution in [0, 0.1) is 0 Å². The number of nitrogens with zero attached hydrogens (tertiary/aromatic N) is 1. The monoisotopic (exact) mass is 419 g/mol. The van der Waals surface area contributed by atoms with Crippen LogP contribution in [0.4, 0.5) is 0 Å². The van der Waals surface area contributed by atoms with Crippen molar-refractivity contribution in [2.45, 2.75) is 0 Å². The average Bonchev–Trinajstić information content (AvgIpc) is 3.16. The maximum atomic E-state index is 12.2. The topological polar surface area (TPSA) is 68.1 Å². The molecule has 2 aromatic carbocycles. The second-order valence-electron chi connectivity index (χ2n) is 5.65. The van der Waals surface area contributed by atoms with Gasteiger partial charge in [0.15, 0.2) is 17.2 Å². The van der Waals surface area contributed by atoms with Gasteiger partial charge in [0, 0.05) is 15.1 Å². The molecule has 1 aliphatic heterocycles. The molecule has 0 saturated heterocycles. The number of fused-ring (bicyclic) bond motifs is 1. The first-order valence-corrected chi connectivity index (χ1v) is 9.31. The molecule has 1 N–H and O–H groups in total. The number of carbonyl (C=O) groups excluding carboxylic acids is 1. The summed E-state index contributed by atoms with van der Waals surface area (Å²) in [5, 5.41) is 11.6. The molecule has 0 atom stereocenters. The highest BCUT2D eigenvalue weighted by molar-refractivity contribution is 7.21. The minimum absolute atomic E-state index is 0.00792. The van der Waals surface area contributed by atoms with Crippen molar-refractivity contribution in [3.8, 4) is 11.5 Å². The van der Waals surface area contributed by atoms with E-state index in [9.17, 15) is 9.90 Å². The Morgan fingerprint density at radius 2 is 2.04 bits per heavy atom. The normalized spacial score (nSPS) is 15.3. The lowest BCUT2D eigenvalue weighted by molar-refractivity contribution is -0.129. The second-order valence-corrected chi connectivity index (χ2v) is 7.52. The number of phenols is 1. The molecule has 136 valence electrons. The van der Waals surface area contributed by atoms with E-state index in [1.807, 2.05) is 6.07 Å². The molecule has 0 fully saturated rings. The van der Waals surface area contributed by atoms with Crippen molar-refractivity contribution in [3.05, 3.63) is 62.6 Å². The molecule has 2 heterocycles. The molecular formula is C19H11Cl2NO4S. The Hall–Kier alpha value is -2.54. The van der Waals surface area contributed by atoms with Gasteiger partial charge in [-0.3, -0.25) is 0 Å². The van der Waals surface area contributed by atoms with Gasteiger partial charge in [-0.25, -0.2) is 9.79 Å². The minimum Gasteiger partial charge on any atom is -0.504 e. The Labute approximate surface area is 168 Å². The smallest absolute Gasteiger partial charge is 0.363 e. The van der Waals surface area contributed by atoms with Gasteiger partial charge in [-0.05, 0) is 35.9 Å². The van der Waals surface area contributed by atoms with Gasteiger partial charge in [0.05, 0.1) is 12.1 Å². The van der Waals surface area contributed by atoms with E-state index >= 15 is 0 Å².